The molecule has 1 amide bonds. The van der Waals surface area contributed by atoms with Crippen molar-refractivity contribution in [3.8, 4) is 0 Å². The zero-order valence-corrected chi connectivity index (χ0v) is 20.1. The van der Waals surface area contributed by atoms with Gasteiger partial charge in [0.2, 0.25) is 15.9 Å². The molecule has 0 unspecified atom stereocenters. The summed E-state index contributed by atoms with van der Waals surface area (Å²) in [5, 5.41) is 0.687. The van der Waals surface area contributed by atoms with E-state index >= 15 is 0 Å². The summed E-state index contributed by atoms with van der Waals surface area (Å²) in [5.74, 6) is -0.157. The summed E-state index contributed by atoms with van der Waals surface area (Å²) in [7, 11) is -3.63. The van der Waals surface area contributed by atoms with Crippen molar-refractivity contribution in [1.82, 2.24) is 4.90 Å². The van der Waals surface area contributed by atoms with Crippen molar-refractivity contribution in [2.45, 2.75) is 33.2 Å². The highest BCUT2D eigenvalue weighted by atomic mass is 35.5. The standard InChI is InChI=1S/C23H30ClN3O3S/c1-5-21(27(31(4,29)30)20-10-6-17(2)7-11-20)23(28)26-14-12-25(13-15-26)22-16-19(24)9-8-18(22)3/h6-11,16,21H,5,12-15H2,1-4H3/t21-/m1/s1. The molecule has 2 aromatic rings. The molecule has 6 nitrogen and oxygen atoms in total. The minimum Gasteiger partial charge on any atom is -0.368 e. The lowest BCUT2D eigenvalue weighted by molar-refractivity contribution is -0.132. The van der Waals surface area contributed by atoms with Gasteiger partial charge in [0.1, 0.15) is 6.04 Å². The molecule has 0 radical (unpaired) electrons. The number of sulfonamides is 1. The number of carbonyl (C=O) groups is 1. The number of halogens is 1. The summed E-state index contributed by atoms with van der Waals surface area (Å²) in [6, 6.07) is 12.3. The normalized spacial score (nSPS) is 15.6. The van der Waals surface area contributed by atoms with E-state index in [-0.39, 0.29) is 5.91 Å². The highest BCUT2D eigenvalue weighted by molar-refractivity contribution is 7.92. The number of anilines is 2. The molecule has 3 rings (SSSR count). The second kappa shape index (κ2) is 9.49. The SMILES string of the molecule is CC[C@H](C(=O)N1CCN(c2cc(Cl)ccc2C)CC1)N(c1ccc(C)cc1)S(C)(=O)=O. The van der Waals surface area contributed by atoms with Gasteiger partial charge in [-0.1, -0.05) is 42.3 Å². The summed E-state index contributed by atoms with van der Waals surface area (Å²) in [6.45, 7) is 8.25. The molecule has 1 aliphatic heterocycles. The van der Waals surface area contributed by atoms with Crippen LogP contribution in [0.3, 0.4) is 0 Å². The second-order valence-electron chi connectivity index (χ2n) is 8.06. The number of rotatable bonds is 6. The molecular weight excluding hydrogens is 434 g/mol. The minimum absolute atomic E-state index is 0.157. The second-order valence-corrected chi connectivity index (χ2v) is 10.4. The van der Waals surface area contributed by atoms with Crippen LogP contribution in [0.25, 0.3) is 0 Å². The fourth-order valence-electron chi connectivity index (χ4n) is 4.04. The van der Waals surface area contributed by atoms with Crippen LogP contribution < -0.4 is 9.21 Å². The number of benzene rings is 2. The maximum atomic E-state index is 13.4. The van der Waals surface area contributed by atoms with Gasteiger partial charge in [-0.3, -0.25) is 9.10 Å². The fourth-order valence-corrected chi connectivity index (χ4v) is 5.41. The Labute approximate surface area is 190 Å². The molecule has 1 fully saturated rings. The van der Waals surface area contributed by atoms with Crippen LogP contribution in [0, 0.1) is 13.8 Å². The number of nitrogens with zero attached hydrogens (tertiary/aromatic N) is 3. The highest BCUT2D eigenvalue weighted by Crippen LogP contribution is 2.27. The molecule has 1 aliphatic rings. The quantitative estimate of drug-likeness (QED) is 0.652. The molecule has 0 saturated carbocycles. The summed E-state index contributed by atoms with van der Waals surface area (Å²) in [6.07, 6.45) is 1.55. The number of hydrogen-bond acceptors (Lipinski definition) is 4. The third kappa shape index (κ3) is 5.33. The summed E-state index contributed by atoms with van der Waals surface area (Å²) < 4.78 is 26.6. The van der Waals surface area contributed by atoms with Gasteiger partial charge in [-0.05, 0) is 50.1 Å². The maximum Gasteiger partial charge on any atom is 0.246 e. The van der Waals surface area contributed by atoms with Crippen molar-refractivity contribution in [2.24, 2.45) is 0 Å². The van der Waals surface area contributed by atoms with Crippen LogP contribution in [-0.2, 0) is 14.8 Å². The molecule has 1 atom stereocenters. The Hall–Kier alpha value is -2.25. The van der Waals surface area contributed by atoms with Gasteiger partial charge in [-0.25, -0.2) is 8.42 Å². The van der Waals surface area contributed by atoms with E-state index in [9.17, 15) is 13.2 Å². The zero-order chi connectivity index (χ0) is 22.8. The first-order valence-corrected chi connectivity index (χ1v) is 12.7. The highest BCUT2D eigenvalue weighted by Gasteiger charge is 2.35. The lowest BCUT2D eigenvalue weighted by Crippen LogP contribution is -2.56. The van der Waals surface area contributed by atoms with Gasteiger partial charge < -0.3 is 9.80 Å². The van der Waals surface area contributed by atoms with E-state index in [1.54, 1.807) is 17.0 Å². The average Bonchev–Trinajstić information content (AvgIpc) is 2.73. The number of carbonyl (C=O) groups excluding carboxylic acids is 1. The Morgan fingerprint density at radius 1 is 1.06 bits per heavy atom. The van der Waals surface area contributed by atoms with Crippen molar-refractivity contribution in [2.75, 3.05) is 41.6 Å². The van der Waals surface area contributed by atoms with Gasteiger partial charge in [-0.15, -0.1) is 0 Å². The van der Waals surface area contributed by atoms with E-state index in [1.807, 2.05) is 51.1 Å². The molecule has 2 aromatic carbocycles. The molecular formula is C23H30ClN3O3S. The average molecular weight is 464 g/mol. The largest absolute Gasteiger partial charge is 0.368 e. The van der Waals surface area contributed by atoms with Crippen molar-refractivity contribution >= 4 is 38.9 Å². The van der Waals surface area contributed by atoms with Gasteiger partial charge in [0.25, 0.3) is 0 Å². The molecule has 31 heavy (non-hydrogen) atoms. The third-order valence-corrected chi connectivity index (χ3v) is 7.12. The Bertz CT molecular complexity index is 1030. The van der Waals surface area contributed by atoms with Gasteiger partial charge in [-0.2, -0.15) is 0 Å². The summed E-state index contributed by atoms with van der Waals surface area (Å²) in [5.41, 5.74) is 3.76. The van der Waals surface area contributed by atoms with Crippen LogP contribution in [-0.4, -0.2) is 57.7 Å². The van der Waals surface area contributed by atoms with Gasteiger partial charge in [0.05, 0.1) is 11.9 Å². The van der Waals surface area contributed by atoms with Crippen molar-refractivity contribution in [1.29, 1.82) is 0 Å². The Balaban J connectivity index is 1.78. The number of aryl methyl sites for hydroxylation is 2. The van der Waals surface area contributed by atoms with Crippen LogP contribution in [0.15, 0.2) is 42.5 Å². The predicted molar refractivity (Wildman–Crippen MR) is 128 cm³/mol. The molecule has 1 heterocycles. The molecule has 168 valence electrons. The monoisotopic (exact) mass is 463 g/mol. The van der Waals surface area contributed by atoms with Gasteiger partial charge in [0.15, 0.2) is 0 Å². The van der Waals surface area contributed by atoms with E-state index < -0.39 is 16.1 Å². The fraction of sp³-hybridized carbons (Fsp3) is 0.435. The topological polar surface area (TPSA) is 60.9 Å². The van der Waals surface area contributed by atoms with Gasteiger partial charge in [0, 0.05) is 36.9 Å². The summed E-state index contributed by atoms with van der Waals surface area (Å²) in [4.78, 5) is 17.4. The lowest BCUT2D eigenvalue weighted by Gasteiger charge is -2.40. The van der Waals surface area contributed by atoms with Crippen molar-refractivity contribution in [3.63, 3.8) is 0 Å². The number of piperazine rings is 1. The van der Waals surface area contributed by atoms with Crippen molar-refractivity contribution in [3.05, 3.63) is 58.6 Å². The Morgan fingerprint density at radius 2 is 1.68 bits per heavy atom. The molecule has 1 saturated heterocycles. The Kier molecular flexibility index (Phi) is 7.17. The van der Waals surface area contributed by atoms with E-state index in [1.165, 1.54) is 4.31 Å². The molecule has 0 N–H and O–H groups in total. The van der Waals surface area contributed by atoms with Crippen LogP contribution in [0.1, 0.15) is 24.5 Å². The minimum atomic E-state index is -3.63. The van der Waals surface area contributed by atoms with Crippen LogP contribution in [0.4, 0.5) is 11.4 Å². The van der Waals surface area contributed by atoms with Crippen LogP contribution in [0.5, 0.6) is 0 Å². The smallest absolute Gasteiger partial charge is 0.246 e. The third-order valence-electron chi connectivity index (χ3n) is 5.70. The summed E-state index contributed by atoms with van der Waals surface area (Å²) >= 11 is 6.17. The molecule has 8 heteroatoms. The maximum absolute atomic E-state index is 13.4. The first-order chi connectivity index (χ1) is 14.6. The first kappa shape index (κ1) is 23.4. The van der Waals surface area contributed by atoms with Gasteiger partial charge >= 0.3 is 0 Å². The molecule has 0 spiro atoms. The van der Waals surface area contributed by atoms with E-state index in [0.717, 1.165) is 23.1 Å². The van der Waals surface area contributed by atoms with Crippen LogP contribution >= 0.6 is 11.6 Å². The van der Waals surface area contributed by atoms with E-state index in [2.05, 4.69) is 4.90 Å². The predicted octanol–water partition coefficient (Wildman–Crippen LogP) is 3.85. The molecule has 0 bridgehead atoms. The molecule has 0 aliphatic carbocycles. The van der Waals surface area contributed by atoms with Crippen molar-refractivity contribution < 1.29 is 13.2 Å². The zero-order valence-electron chi connectivity index (χ0n) is 18.5. The number of amides is 1. The first-order valence-electron chi connectivity index (χ1n) is 10.5. The number of hydrogen-bond donors (Lipinski definition) is 0. The lowest BCUT2D eigenvalue weighted by atomic mass is 10.1. The Morgan fingerprint density at radius 3 is 2.23 bits per heavy atom. The van der Waals surface area contributed by atoms with E-state index in [0.29, 0.717) is 43.3 Å². The van der Waals surface area contributed by atoms with Crippen LogP contribution in [0.2, 0.25) is 5.02 Å². The van der Waals surface area contributed by atoms with E-state index in [4.69, 9.17) is 11.6 Å². The molecule has 0 aromatic heterocycles.